The number of piperidine rings is 1. The fraction of sp³-hybridized carbons (Fsp3) is 0.344. The van der Waals surface area contributed by atoms with Gasteiger partial charge in [0.15, 0.2) is 0 Å². The maximum atomic E-state index is 13.7. The quantitative estimate of drug-likeness (QED) is 0.389. The number of nitriles is 1. The summed E-state index contributed by atoms with van der Waals surface area (Å²) in [6.07, 6.45) is 0.853. The zero-order chi connectivity index (χ0) is 27.4. The largest absolute Gasteiger partial charge is 0.340 e. The van der Waals surface area contributed by atoms with E-state index < -0.39 is 6.04 Å². The Morgan fingerprint density at radius 1 is 1.03 bits per heavy atom. The second-order valence-electron chi connectivity index (χ2n) is 11.1. The molecule has 1 N–H and O–H groups in total. The predicted molar refractivity (Wildman–Crippen MR) is 152 cm³/mol. The van der Waals surface area contributed by atoms with Crippen molar-refractivity contribution >= 4 is 23.4 Å². The molecule has 1 saturated heterocycles. The Bertz CT molecular complexity index is 1340. The molecule has 1 aliphatic rings. The first-order chi connectivity index (χ1) is 18.1. The van der Waals surface area contributed by atoms with Gasteiger partial charge in [0.25, 0.3) is 5.91 Å². The normalized spacial score (nSPS) is 17.5. The lowest BCUT2D eigenvalue weighted by atomic mass is 9.70. The monoisotopic (exact) mass is 527 g/mol. The molecule has 4 rings (SSSR count). The number of likely N-dealkylation sites (tertiary alicyclic amines) is 1. The van der Waals surface area contributed by atoms with Gasteiger partial charge in [-0.25, -0.2) is 0 Å². The predicted octanol–water partition coefficient (Wildman–Crippen LogP) is 6.68. The van der Waals surface area contributed by atoms with Crippen LogP contribution < -0.4 is 5.32 Å². The minimum Gasteiger partial charge on any atom is -0.340 e. The third-order valence-electron chi connectivity index (χ3n) is 7.50. The molecule has 38 heavy (non-hydrogen) atoms. The number of hydrogen-bond acceptors (Lipinski definition) is 3. The Morgan fingerprint density at radius 3 is 2.32 bits per heavy atom. The van der Waals surface area contributed by atoms with Crippen LogP contribution >= 0.6 is 11.6 Å². The average Bonchev–Trinajstić information content (AvgIpc) is 2.91. The van der Waals surface area contributed by atoms with E-state index in [0.29, 0.717) is 30.1 Å². The lowest BCUT2D eigenvalue weighted by Gasteiger charge is -2.45. The maximum Gasteiger partial charge on any atom is 0.251 e. The third-order valence-corrected chi connectivity index (χ3v) is 7.76. The summed E-state index contributed by atoms with van der Waals surface area (Å²) in [6.45, 7) is 9.57. The van der Waals surface area contributed by atoms with Gasteiger partial charge in [0.05, 0.1) is 11.6 Å². The van der Waals surface area contributed by atoms with Crippen LogP contribution in [0.5, 0.6) is 0 Å². The van der Waals surface area contributed by atoms with Crippen LogP contribution in [0.15, 0.2) is 72.8 Å². The molecule has 5 nitrogen and oxygen atoms in total. The number of hydrogen-bond donors (Lipinski definition) is 1. The average molecular weight is 528 g/mol. The zero-order valence-electron chi connectivity index (χ0n) is 22.4. The summed E-state index contributed by atoms with van der Waals surface area (Å²) in [4.78, 5) is 28.9. The van der Waals surface area contributed by atoms with Gasteiger partial charge in [-0.3, -0.25) is 9.59 Å². The van der Waals surface area contributed by atoms with Gasteiger partial charge in [0, 0.05) is 23.7 Å². The van der Waals surface area contributed by atoms with Gasteiger partial charge in [-0.05, 0) is 76.8 Å². The Labute approximate surface area is 230 Å². The first kappa shape index (κ1) is 27.4. The van der Waals surface area contributed by atoms with Crippen LogP contribution in [0.3, 0.4) is 0 Å². The molecule has 0 spiro atoms. The number of benzene rings is 3. The molecule has 1 aliphatic heterocycles. The van der Waals surface area contributed by atoms with Crippen LogP contribution in [0, 0.1) is 22.7 Å². The van der Waals surface area contributed by atoms with Gasteiger partial charge in [-0.15, -0.1) is 0 Å². The summed E-state index contributed by atoms with van der Waals surface area (Å²) >= 11 is 6.09. The van der Waals surface area contributed by atoms with E-state index in [4.69, 9.17) is 16.9 Å². The van der Waals surface area contributed by atoms with Crippen molar-refractivity contribution in [3.8, 4) is 17.2 Å². The van der Waals surface area contributed by atoms with Gasteiger partial charge in [0.1, 0.15) is 6.04 Å². The van der Waals surface area contributed by atoms with Crippen molar-refractivity contribution in [1.82, 2.24) is 10.2 Å². The van der Waals surface area contributed by atoms with Crippen LogP contribution in [0.4, 0.5) is 0 Å². The fourth-order valence-corrected chi connectivity index (χ4v) is 5.50. The molecule has 0 radical (unpaired) electrons. The van der Waals surface area contributed by atoms with Crippen molar-refractivity contribution < 1.29 is 9.59 Å². The van der Waals surface area contributed by atoms with Crippen LogP contribution in [-0.4, -0.2) is 35.8 Å². The Morgan fingerprint density at radius 2 is 1.71 bits per heavy atom. The van der Waals surface area contributed by atoms with Gasteiger partial charge < -0.3 is 10.2 Å². The maximum absolute atomic E-state index is 13.7. The van der Waals surface area contributed by atoms with E-state index in [2.05, 4.69) is 37.4 Å². The molecule has 196 valence electrons. The van der Waals surface area contributed by atoms with Crippen molar-refractivity contribution in [3.63, 3.8) is 0 Å². The van der Waals surface area contributed by atoms with E-state index >= 15 is 0 Å². The molecule has 2 amide bonds. The van der Waals surface area contributed by atoms with Crippen molar-refractivity contribution in [1.29, 1.82) is 5.26 Å². The number of rotatable bonds is 6. The molecule has 0 unspecified atom stereocenters. The Kier molecular flexibility index (Phi) is 8.23. The fourth-order valence-electron chi connectivity index (χ4n) is 5.37. The minimum atomic E-state index is -0.621. The van der Waals surface area contributed by atoms with Crippen molar-refractivity contribution in [2.45, 2.75) is 46.1 Å². The van der Waals surface area contributed by atoms with E-state index in [0.717, 1.165) is 22.6 Å². The molecule has 2 atom stereocenters. The van der Waals surface area contributed by atoms with Gasteiger partial charge >= 0.3 is 0 Å². The van der Waals surface area contributed by atoms with Crippen molar-refractivity contribution in [3.05, 3.63) is 94.5 Å². The Hall–Kier alpha value is -3.62. The summed E-state index contributed by atoms with van der Waals surface area (Å²) in [5.41, 5.74) is 3.99. The smallest absolute Gasteiger partial charge is 0.251 e. The lowest BCUT2D eigenvalue weighted by molar-refractivity contribution is -0.137. The van der Waals surface area contributed by atoms with E-state index in [-0.39, 0.29) is 23.1 Å². The van der Waals surface area contributed by atoms with E-state index in [9.17, 15) is 9.59 Å². The molecule has 0 aromatic heterocycles. The summed E-state index contributed by atoms with van der Waals surface area (Å²) in [5, 5.41) is 12.8. The lowest BCUT2D eigenvalue weighted by Crippen LogP contribution is -2.55. The van der Waals surface area contributed by atoms with E-state index in [1.54, 1.807) is 18.2 Å². The first-order valence-electron chi connectivity index (χ1n) is 13.0. The summed E-state index contributed by atoms with van der Waals surface area (Å²) in [5.74, 6) is -0.0618. The Balaban J connectivity index is 1.47. The van der Waals surface area contributed by atoms with Gasteiger partial charge in [0.2, 0.25) is 5.91 Å². The number of carbonyl (C=O) groups excluding carboxylic acids is 2. The van der Waals surface area contributed by atoms with Crippen molar-refractivity contribution in [2.75, 3.05) is 13.1 Å². The van der Waals surface area contributed by atoms with Crippen LogP contribution in [-0.2, 0) is 4.79 Å². The second kappa shape index (κ2) is 11.4. The standard InChI is InChI=1S/C32H34ClN3O2/c1-21(2)29(31(38)36-17-16-28(32(3,4)20-36)24-12-14-27(33)15-13-24)35-30(37)26-7-5-6-25(18-26)23-10-8-22(19-34)9-11-23/h5-15,18,21,28-29H,16-17,20H2,1-4H3,(H,35,37)/t28-,29-/m1/s1. The van der Waals surface area contributed by atoms with Gasteiger partial charge in [-0.1, -0.05) is 75.7 Å². The zero-order valence-corrected chi connectivity index (χ0v) is 23.1. The van der Waals surface area contributed by atoms with Gasteiger partial charge in [-0.2, -0.15) is 5.26 Å². The van der Waals surface area contributed by atoms with Crippen molar-refractivity contribution in [2.24, 2.45) is 11.3 Å². The molecule has 3 aromatic carbocycles. The molecule has 0 bridgehead atoms. The molecular formula is C32H34ClN3O2. The molecule has 3 aromatic rings. The number of halogens is 1. The highest BCUT2D eigenvalue weighted by Crippen LogP contribution is 2.42. The number of amides is 2. The molecule has 1 heterocycles. The summed E-state index contributed by atoms with van der Waals surface area (Å²) in [6, 6.07) is 24.1. The third kappa shape index (κ3) is 6.09. The highest BCUT2D eigenvalue weighted by Gasteiger charge is 2.40. The highest BCUT2D eigenvalue weighted by molar-refractivity contribution is 6.30. The summed E-state index contributed by atoms with van der Waals surface area (Å²) in [7, 11) is 0. The van der Waals surface area contributed by atoms with E-state index in [1.165, 1.54) is 5.56 Å². The first-order valence-corrected chi connectivity index (χ1v) is 13.4. The number of carbonyl (C=O) groups is 2. The van der Waals surface area contributed by atoms with E-state index in [1.807, 2.05) is 61.2 Å². The SMILES string of the molecule is CC(C)[C@@H](NC(=O)c1cccc(-c2ccc(C#N)cc2)c1)C(=O)N1CC[C@H](c2ccc(Cl)cc2)C(C)(C)C1. The topological polar surface area (TPSA) is 73.2 Å². The number of nitrogens with zero attached hydrogens (tertiary/aromatic N) is 2. The molecule has 0 aliphatic carbocycles. The number of nitrogens with one attached hydrogen (secondary N) is 1. The molecule has 0 saturated carbocycles. The van der Waals surface area contributed by atoms with Crippen LogP contribution in [0.2, 0.25) is 5.02 Å². The van der Waals surface area contributed by atoms with Crippen LogP contribution in [0.1, 0.15) is 61.5 Å². The minimum absolute atomic E-state index is 0.0424. The highest BCUT2D eigenvalue weighted by atomic mass is 35.5. The second-order valence-corrected chi connectivity index (χ2v) is 11.5. The molecule has 6 heteroatoms. The molecular weight excluding hydrogens is 494 g/mol. The van der Waals surface area contributed by atoms with Crippen LogP contribution in [0.25, 0.3) is 11.1 Å². The summed E-state index contributed by atoms with van der Waals surface area (Å²) < 4.78 is 0. The molecule has 1 fully saturated rings.